The fraction of sp³-hybridized carbons (Fsp3) is 1.00. The summed E-state index contributed by atoms with van der Waals surface area (Å²) >= 11 is 0. The van der Waals surface area contributed by atoms with Gasteiger partial charge in [0.2, 0.25) is 0 Å². The molecule has 0 aromatic rings. The van der Waals surface area contributed by atoms with Gasteiger partial charge in [0, 0.05) is 12.6 Å². The molecular weight excluding hydrogens is 244 g/mol. The third-order valence-corrected chi connectivity index (χ3v) is 5.66. The lowest BCUT2D eigenvalue weighted by Crippen LogP contribution is -2.47. The maximum atomic E-state index is 3.85. The summed E-state index contributed by atoms with van der Waals surface area (Å²) in [5.74, 6) is 2.80. The van der Waals surface area contributed by atoms with Crippen molar-refractivity contribution in [1.29, 1.82) is 0 Å². The van der Waals surface area contributed by atoms with E-state index in [2.05, 4.69) is 31.0 Å². The van der Waals surface area contributed by atoms with E-state index >= 15 is 0 Å². The van der Waals surface area contributed by atoms with E-state index in [9.17, 15) is 0 Å². The highest BCUT2D eigenvalue weighted by Gasteiger charge is 2.28. The number of likely N-dealkylation sites (tertiary alicyclic amines) is 1. The maximum Gasteiger partial charge on any atom is 0.0223 e. The number of piperidine rings is 1. The van der Waals surface area contributed by atoms with Crippen molar-refractivity contribution in [3.8, 4) is 0 Å². The van der Waals surface area contributed by atoms with Crippen LogP contribution in [0.4, 0.5) is 0 Å². The first kappa shape index (κ1) is 16.3. The smallest absolute Gasteiger partial charge is 0.0223 e. The van der Waals surface area contributed by atoms with Gasteiger partial charge >= 0.3 is 0 Å². The molecule has 0 bridgehead atoms. The van der Waals surface area contributed by atoms with Gasteiger partial charge in [-0.1, -0.05) is 33.6 Å². The summed E-state index contributed by atoms with van der Waals surface area (Å²) in [5.41, 5.74) is 0. The largest absolute Gasteiger partial charge is 0.312 e. The molecule has 1 N–H and O–H groups in total. The van der Waals surface area contributed by atoms with Gasteiger partial charge in [0.25, 0.3) is 0 Å². The highest BCUT2D eigenvalue weighted by Crippen LogP contribution is 2.30. The Morgan fingerprint density at radius 1 is 1.00 bits per heavy atom. The van der Waals surface area contributed by atoms with E-state index in [4.69, 9.17) is 0 Å². The van der Waals surface area contributed by atoms with Gasteiger partial charge in [-0.2, -0.15) is 0 Å². The van der Waals surface area contributed by atoms with Crippen LogP contribution in [0.25, 0.3) is 0 Å². The normalized spacial score (nSPS) is 24.6. The molecular formula is C18H36N2. The quantitative estimate of drug-likeness (QED) is 0.760. The fourth-order valence-electron chi connectivity index (χ4n) is 4.15. The molecule has 2 aliphatic rings. The molecule has 118 valence electrons. The summed E-state index contributed by atoms with van der Waals surface area (Å²) in [6, 6.07) is 0.757. The minimum atomic E-state index is 0.757. The van der Waals surface area contributed by atoms with Crippen LogP contribution in [-0.4, -0.2) is 37.1 Å². The first-order chi connectivity index (χ1) is 9.70. The van der Waals surface area contributed by atoms with Gasteiger partial charge in [0.05, 0.1) is 0 Å². The van der Waals surface area contributed by atoms with Crippen molar-refractivity contribution in [2.24, 2.45) is 17.8 Å². The zero-order chi connectivity index (χ0) is 14.4. The highest BCUT2D eigenvalue weighted by molar-refractivity contribution is 4.85. The van der Waals surface area contributed by atoms with Crippen LogP contribution in [0.1, 0.15) is 65.7 Å². The molecule has 1 aliphatic heterocycles. The average Bonchev–Trinajstić information content (AvgIpc) is 2.98. The van der Waals surface area contributed by atoms with Crippen molar-refractivity contribution in [1.82, 2.24) is 10.2 Å². The predicted molar refractivity (Wildman–Crippen MR) is 88.0 cm³/mol. The Morgan fingerprint density at radius 2 is 1.65 bits per heavy atom. The van der Waals surface area contributed by atoms with Crippen molar-refractivity contribution in [3.63, 3.8) is 0 Å². The zero-order valence-electron chi connectivity index (χ0n) is 14.0. The number of hydrogen-bond donors (Lipinski definition) is 1. The Balaban J connectivity index is 1.78. The summed E-state index contributed by atoms with van der Waals surface area (Å²) in [7, 11) is 0. The van der Waals surface area contributed by atoms with E-state index in [0.717, 1.165) is 23.8 Å². The Bertz CT molecular complexity index is 250. The minimum absolute atomic E-state index is 0.757. The highest BCUT2D eigenvalue weighted by atomic mass is 15.2. The SMILES string of the molecule is CCCNC(CN1CCC(C(C)C)CC1)C1CCCC1. The summed E-state index contributed by atoms with van der Waals surface area (Å²) in [6.07, 6.45) is 9.95. The van der Waals surface area contributed by atoms with Crippen LogP contribution < -0.4 is 5.32 Å². The number of nitrogens with zero attached hydrogens (tertiary/aromatic N) is 1. The number of rotatable bonds is 7. The fourth-order valence-corrected chi connectivity index (χ4v) is 4.15. The van der Waals surface area contributed by atoms with Gasteiger partial charge in [-0.25, -0.2) is 0 Å². The Morgan fingerprint density at radius 3 is 2.20 bits per heavy atom. The van der Waals surface area contributed by atoms with Gasteiger partial charge in [0.15, 0.2) is 0 Å². The molecule has 0 amide bonds. The van der Waals surface area contributed by atoms with E-state index in [1.807, 2.05) is 0 Å². The van der Waals surface area contributed by atoms with Crippen molar-refractivity contribution < 1.29 is 0 Å². The maximum absolute atomic E-state index is 3.85. The molecule has 2 fully saturated rings. The van der Waals surface area contributed by atoms with Crippen LogP contribution in [0.5, 0.6) is 0 Å². The minimum Gasteiger partial charge on any atom is -0.312 e. The van der Waals surface area contributed by atoms with E-state index in [0.29, 0.717) is 0 Å². The number of nitrogens with one attached hydrogen (secondary N) is 1. The summed E-state index contributed by atoms with van der Waals surface area (Å²) in [5, 5.41) is 3.85. The van der Waals surface area contributed by atoms with Crippen LogP contribution >= 0.6 is 0 Å². The summed E-state index contributed by atoms with van der Waals surface area (Å²) in [6.45, 7) is 12.2. The Kier molecular flexibility index (Phi) is 6.83. The molecule has 0 aromatic heterocycles. The monoisotopic (exact) mass is 280 g/mol. The third kappa shape index (κ3) is 4.73. The van der Waals surface area contributed by atoms with Gasteiger partial charge in [0.1, 0.15) is 0 Å². The van der Waals surface area contributed by atoms with E-state index < -0.39 is 0 Å². The van der Waals surface area contributed by atoms with Crippen molar-refractivity contribution in [2.45, 2.75) is 71.8 Å². The number of hydrogen-bond acceptors (Lipinski definition) is 2. The lowest BCUT2D eigenvalue weighted by molar-refractivity contribution is 0.133. The molecule has 1 atom stereocenters. The van der Waals surface area contributed by atoms with Crippen molar-refractivity contribution >= 4 is 0 Å². The second-order valence-electron chi connectivity index (χ2n) is 7.49. The van der Waals surface area contributed by atoms with Crippen LogP contribution in [0.3, 0.4) is 0 Å². The first-order valence-corrected chi connectivity index (χ1v) is 9.16. The van der Waals surface area contributed by atoms with Crippen LogP contribution in [0, 0.1) is 17.8 Å². The lowest BCUT2D eigenvalue weighted by Gasteiger charge is -2.37. The van der Waals surface area contributed by atoms with Gasteiger partial charge in [-0.05, 0) is 69.5 Å². The molecule has 0 spiro atoms. The van der Waals surface area contributed by atoms with E-state index in [1.54, 1.807) is 0 Å². The molecule has 1 saturated heterocycles. The van der Waals surface area contributed by atoms with Crippen LogP contribution in [0.2, 0.25) is 0 Å². The van der Waals surface area contributed by atoms with Crippen LogP contribution in [-0.2, 0) is 0 Å². The molecule has 2 rings (SSSR count). The average molecular weight is 281 g/mol. The van der Waals surface area contributed by atoms with E-state index in [-0.39, 0.29) is 0 Å². The molecule has 1 saturated carbocycles. The molecule has 1 heterocycles. The lowest BCUT2D eigenvalue weighted by atomic mass is 9.86. The van der Waals surface area contributed by atoms with Gasteiger partial charge in [-0.3, -0.25) is 0 Å². The predicted octanol–water partition coefficient (Wildman–Crippen LogP) is 3.91. The Hall–Kier alpha value is -0.0800. The summed E-state index contributed by atoms with van der Waals surface area (Å²) in [4.78, 5) is 2.74. The van der Waals surface area contributed by atoms with Gasteiger partial charge in [-0.15, -0.1) is 0 Å². The van der Waals surface area contributed by atoms with Crippen molar-refractivity contribution in [2.75, 3.05) is 26.2 Å². The molecule has 1 unspecified atom stereocenters. The van der Waals surface area contributed by atoms with Crippen LogP contribution in [0.15, 0.2) is 0 Å². The summed E-state index contributed by atoms with van der Waals surface area (Å²) < 4.78 is 0. The zero-order valence-corrected chi connectivity index (χ0v) is 14.0. The molecule has 2 nitrogen and oxygen atoms in total. The Labute approximate surface area is 126 Å². The topological polar surface area (TPSA) is 15.3 Å². The van der Waals surface area contributed by atoms with Crippen molar-refractivity contribution in [3.05, 3.63) is 0 Å². The first-order valence-electron chi connectivity index (χ1n) is 9.16. The molecule has 20 heavy (non-hydrogen) atoms. The molecule has 0 radical (unpaired) electrons. The third-order valence-electron chi connectivity index (χ3n) is 5.66. The second kappa shape index (κ2) is 8.38. The van der Waals surface area contributed by atoms with Gasteiger partial charge < -0.3 is 10.2 Å². The van der Waals surface area contributed by atoms with E-state index in [1.165, 1.54) is 71.1 Å². The molecule has 1 aliphatic carbocycles. The molecule has 2 heteroatoms. The standard InChI is InChI=1S/C18H36N2/c1-4-11-19-18(17-7-5-6-8-17)14-20-12-9-16(10-13-20)15(2)3/h15-19H,4-14H2,1-3H3. The molecule has 0 aromatic carbocycles. The second-order valence-corrected chi connectivity index (χ2v) is 7.49.